The Kier molecular flexibility index (Phi) is 5.98. The van der Waals surface area contributed by atoms with Crippen LogP contribution < -0.4 is 5.32 Å². The van der Waals surface area contributed by atoms with Gasteiger partial charge in [0, 0.05) is 18.2 Å². The summed E-state index contributed by atoms with van der Waals surface area (Å²) < 4.78 is 39.5. The highest BCUT2D eigenvalue weighted by molar-refractivity contribution is 5.78. The summed E-state index contributed by atoms with van der Waals surface area (Å²) in [6.07, 6.45) is 0. The van der Waals surface area contributed by atoms with Gasteiger partial charge in [0.15, 0.2) is 0 Å². The van der Waals surface area contributed by atoms with Crippen molar-refractivity contribution in [2.24, 2.45) is 0 Å². The molecule has 0 unspecified atom stereocenters. The fourth-order valence-corrected chi connectivity index (χ4v) is 2.42. The number of hydrogen-bond acceptors (Lipinski definition) is 2. The predicted molar refractivity (Wildman–Crippen MR) is 85.6 cm³/mol. The molecule has 2 aromatic rings. The number of rotatable bonds is 6. The lowest BCUT2D eigenvalue weighted by molar-refractivity contribution is -0.122. The average Bonchev–Trinajstić information content (AvgIpc) is 2.49. The molecule has 2 rings (SSSR count). The van der Waals surface area contributed by atoms with Crippen LogP contribution in [0, 0.1) is 17.5 Å². The third-order valence-electron chi connectivity index (χ3n) is 3.59. The molecule has 3 nitrogen and oxygen atoms in total. The minimum absolute atomic E-state index is 0.102. The van der Waals surface area contributed by atoms with E-state index in [0.29, 0.717) is 6.54 Å². The van der Waals surface area contributed by atoms with Crippen LogP contribution in [-0.4, -0.2) is 24.4 Å². The molecule has 128 valence electrons. The van der Waals surface area contributed by atoms with Gasteiger partial charge in [0.25, 0.3) is 0 Å². The molecule has 1 N–H and O–H groups in total. The van der Waals surface area contributed by atoms with Gasteiger partial charge in [-0.3, -0.25) is 9.69 Å². The lowest BCUT2D eigenvalue weighted by Gasteiger charge is -2.19. The number of carbonyl (C=O) groups is 1. The zero-order valence-electron chi connectivity index (χ0n) is 13.5. The largest absolute Gasteiger partial charge is 0.348 e. The first-order valence-electron chi connectivity index (χ1n) is 7.52. The number of hydrogen-bond donors (Lipinski definition) is 1. The molecular weight excluding hydrogens is 317 g/mol. The monoisotopic (exact) mass is 336 g/mol. The zero-order valence-corrected chi connectivity index (χ0v) is 13.5. The normalized spacial score (nSPS) is 12.2. The highest BCUT2D eigenvalue weighted by Crippen LogP contribution is 2.17. The van der Waals surface area contributed by atoms with Crippen LogP contribution in [0.3, 0.4) is 0 Å². The van der Waals surface area contributed by atoms with Crippen LogP contribution in [0.5, 0.6) is 0 Å². The van der Waals surface area contributed by atoms with Gasteiger partial charge in [-0.1, -0.05) is 18.2 Å². The number of halogens is 3. The van der Waals surface area contributed by atoms with Crippen LogP contribution in [-0.2, 0) is 11.3 Å². The van der Waals surface area contributed by atoms with Crippen LogP contribution in [0.1, 0.15) is 24.1 Å². The van der Waals surface area contributed by atoms with Crippen LogP contribution in [0.4, 0.5) is 13.2 Å². The van der Waals surface area contributed by atoms with E-state index in [2.05, 4.69) is 5.32 Å². The van der Waals surface area contributed by atoms with Gasteiger partial charge >= 0.3 is 0 Å². The van der Waals surface area contributed by atoms with Gasteiger partial charge in [-0.25, -0.2) is 13.2 Å². The van der Waals surface area contributed by atoms with E-state index in [-0.39, 0.29) is 23.8 Å². The van der Waals surface area contributed by atoms with E-state index in [9.17, 15) is 18.0 Å². The van der Waals surface area contributed by atoms with Gasteiger partial charge in [0.05, 0.1) is 12.6 Å². The Bertz CT molecular complexity index is 704. The standard InChI is InChI=1S/C18H19F3N2O/c1-12(16-8-7-15(20)9-17(16)21)22-18(24)11-23(2)10-13-3-5-14(19)6-4-13/h3-9,12H,10-11H2,1-2H3,(H,22,24)/t12-/m0/s1. The second-order valence-corrected chi connectivity index (χ2v) is 5.75. The van der Waals surface area contributed by atoms with Crippen molar-refractivity contribution in [3.8, 4) is 0 Å². The minimum Gasteiger partial charge on any atom is -0.348 e. The Morgan fingerprint density at radius 3 is 2.33 bits per heavy atom. The van der Waals surface area contributed by atoms with Crippen LogP contribution in [0.15, 0.2) is 42.5 Å². The number of nitrogens with one attached hydrogen (secondary N) is 1. The summed E-state index contributed by atoms with van der Waals surface area (Å²) in [6.45, 7) is 2.21. The highest BCUT2D eigenvalue weighted by atomic mass is 19.1. The molecule has 0 spiro atoms. The molecule has 2 aromatic carbocycles. The summed E-state index contributed by atoms with van der Waals surface area (Å²) in [6, 6.07) is 8.72. The molecular formula is C18H19F3N2O. The van der Waals surface area contributed by atoms with E-state index in [1.165, 1.54) is 18.2 Å². The van der Waals surface area contributed by atoms with Crippen molar-refractivity contribution in [2.75, 3.05) is 13.6 Å². The zero-order chi connectivity index (χ0) is 17.7. The molecule has 0 aromatic heterocycles. The van der Waals surface area contributed by atoms with Gasteiger partial charge in [-0.05, 0) is 37.7 Å². The lowest BCUT2D eigenvalue weighted by Crippen LogP contribution is -2.36. The van der Waals surface area contributed by atoms with Gasteiger partial charge in [-0.15, -0.1) is 0 Å². The number of nitrogens with zero attached hydrogens (tertiary/aromatic N) is 1. The van der Waals surface area contributed by atoms with Crippen molar-refractivity contribution in [3.63, 3.8) is 0 Å². The summed E-state index contributed by atoms with van der Waals surface area (Å²) in [5.74, 6) is -1.94. The fourth-order valence-electron chi connectivity index (χ4n) is 2.42. The topological polar surface area (TPSA) is 32.3 Å². The van der Waals surface area contributed by atoms with E-state index < -0.39 is 17.7 Å². The molecule has 0 bridgehead atoms. The number of amides is 1. The first-order valence-corrected chi connectivity index (χ1v) is 7.52. The Labute approximate surface area is 139 Å². The maximum absolute atomic E-state index is 13.7. The summed E-state index contributed by atoms with van der Waals surface area (Å²) in [7, 11) is 1.76. The molecule has 0 aliphatic heterocycles. The van der Waals surface area contributed by atoms with Gasteiger partial charge in [-0.2, -0.15) is 0 Å². The van der Waals surface area contributed by atoms with E-state index in [4.69, 9.17) is 0 Å². The van der Waals surface area contributed by atoms with E-state index in [1.54, 1.807) is 31.0 Å². The van der Waals surface area contributed by atoms with Crippen molar-refractivity contribution < 1.29 is 18.0 Å². The van der Waals surface area contributed by atoms with Crippen molar-refractivity contribution >= 4 is 5.91 Å². The quantitative estimate of drug-likeness (QED) is 0.877. The first-order chi connectivity index (χ1) is 11.3. The minimum atomic E-state index is -0.692. The van der Waals surface area contributed by atoms with Crippen molar-refractivity contribution in [1.29, 1.82) is 0 Å². The predicted octanol–water partition coefficient (Wildman–Crippen LogP) is 3.41. The number of benzene rings is 2. The lowest BCUT2D eigenvalue weighted by atomic mass is 10.1. The van der Waals surface area contributed by atoms with E-state index in [1.807, 2.05) is 0 Å². The SMILES string of the molecule is C[C@H](NC(=O)CN(C)Cc1ccc(F)cc1)c1ccc(F)cc1F. The molecule has 24 heavy (non-hydrogen) atoms. The average molecular weight is 336 g/mol. The van der Waals surface area contributed by atoms with Crippen molar-refractivity contribution in [1.82, 2.24) is 10.2 Å². The molecule has 0 heterocycles. The molecule has 1 atom stereocenters. The molecule has 0 aliphatic carbocycles. The second kappa shape index (κ2) is 7.97. The van der Waals surface area contributed by atoms with E-state index >= 15 is 0 Å². The van der Waals surface area contributed by atoms with Gasteiger partial charge in [0.2, 0.25) is 5.91 Å². The number of likely N-dealkylation sites (N-methyl/N-ethyl adjacent to an activating group) is 1. The van der Waals surface area contributed by atoms with Crippen LogP contribution >= 0.6 is 0 Å². The highest BCUT2D eigenvalue weighted by Gasteiger charge is 2.15. The fraction of sp³-hybridized carbons (Fsp3) is 0.278. The van der Waals surface area contributed by atoms with Gasteiger partial charge < -0.3 is 5.32 Å². The van der Waals surface area contributed by atoms with Crippen molar-refractivity contribution in [2.45, 2.75) is 19.5 Å². The molecule has 0 aliphatic rings. The summed E-state index contributed by atoms with van der Waals surface area (Å²) >= 11 is 0. The maximum atomic E-state index is 13.7. The van der Waals surface area contributed by atoms with E-state index in [0.717, 1.165) is 17.7 Å². The Hall–Kier alpha value is -2.34. The Morgan fingerprint density at radius 1 is 1.08 bits per heavy atom. The van der Waals surface area contributed by atoms with Crippen LogP contribution in [0.25, 0.3) is 0 Å². The summed E-state index contributed by atoms with van der Waals surface area (Å²) in [5.41, 5.74) is 1.11. The van der Waals surface area contributed by atoms with Gasteiger partial charge in [0.1, 0.15) is 17.5 Å². The molecule has 0 saturated carbocycles. The maximum Gasteiger partial charge on any atom is 0.234 e. The Balaban J connectivity index is 1.88. The molecule has 1 amide bonds. The van der Waals surface area contributed by atoms with Crippen LogP contribution in [0.2, 0.25) is 0 Å². The third kappa shape index (κ3) is 5.09. The molecule has 0 radical (unpaired) electrons. The molecule has 0 fully saturated rings. The molecule has 6 heteroatoms. The Morgan fingerprint density at radius 2 is 1.71 bits per heavy atom. The third-order valence-corrected chi connectivity index (χ3v) is 3.59. The second-order valence-electron chi connectivity index (χ2n) is 5.75. The smallest absolute Gasteiger partial charge is 0.234 e. The van der Waals surface area contributed by atoms with Crippen molar-refractivity contribution in [3.05, 3.63) is 71.0 Å². The summed E-state index contributed by atoms with van der Waals surface area (Å²) in [5, 5.41) is 2.68. The molecule has 0 saturated heterocycles. The number of carbonyl (C=O) groups excluding carboxylic acids is 1. The first kappa shape index (κ1) is 18.0. The summed E-state index contributed by atoms with van der Waals surface area (Å²) in [4.78, 5) is 13.8.